The van der Waals surface area contributed by atoms with E-state index in [0.29, 0.717) is 12.3 Å². The molecule has 2 aromatic carbocycles. The van der Waals surface area contributed by atoms with Crippen molar-refractivity contribution in [3.8, 4) is 5.75 Å². The number of hydrogen-bond acceptors (Lipinski definition) is 5. The van der Waals surface area contributed by atoms with E-state index in [2.05, 4.69) is 10.2 Å². The fourth-order valence-electron chi connectivity index (χ4n) is 3.29. The summed E-state index contributed by atoms with van der Waals surface area (Å²) >= 11 is 1.70. The summed E-state index contributed by atoms with van der Waals surface area (Å²) in [6, 6.07) is 15.6. The molecule has 2 atom stereocenters. The van der Waals surface area contributed by atoms with Crippen LogP contribution in [0.4, 0.5) is 0 Å². The van der Waals surface area contributed by atoms with Gasteiger partial charge in [-0.2, -0.15) is 10.2 Å². The van der Waals surface area contributed by atoms with Crippen LogP contribution in [0.2, 0.25) is 0 Å². The monoisotopic (exact) mass is 324 g/mol. The first kappa shape index (κ1) is 14.5. The normalized spacial score (nSPS) is 25.6. The second-order valence-electron chi connectivity index (χ2n) is 5.79. The highest BCUT2D eigenvalue weighted by Crippen LogP contribution is 2.47. The van der Waals surface area contributed by atoms with Crippen molar-refractivity contribution >= 4 is 17.5 Å². The molecule has 1 spiro atoms. The van der Waals surface area contributed by atoms with Gasteiger partial charge in [0.05, 0.1) is 13.7 Å². The fourth-order valence-corrected chi connectivity index (χ4v) is 4.54. The summed E-state index contributed by atoms with van der Waals surface area (Å²) in [5.41, 5.74) is 1.08. The molecule has 23 heavy (non-hydrogen) atoms. The maximum absolute atomic E-state index is 13.2. The van der Waals surface area contributed by atoms with Gasteiger partial charge in [0.1, 0.15) is 5.75 Å². The molecule has 0 saturated carbocycles. The molecular weight excluding hydrogens is 308 g/mol. The van der Waals surface area contributed by atoms with E-state index in [0.717, 1.165) is 21.8 Å². The molecule has 4 rings (SSSR count). The molecule has 0 radical (unpaired) electrons. The molecule has 0 amide bonds. The van der Waals surface area contributed by atoms with E-state index in [1.54, 1.807) is 18.9 Å². The van der Waals surface area contributed by atoms with Crippen LogP contribution < -0.4 is 4.74 Å². The highest BCUT2D eigenvalue weighted by atomic mass is 32.2. The lowest BCUT2D eigenvalue weighted by atomic mass is 9.76. The lowest BCUT2D eigenvalue weighted by Crippen LogP contribution is -2.46. The minimum Gasteiger partial charge on any atom is -0.497 e. The molecule has 2 heterocycles. The molecule has 0 N–H and O–H groups in total. The Bertz CT molecular complexity index is 788. The number of Topliss-reactive ketones (excluding diaryl/α,β-unsaturated/α-hetero) is 1. The zero-order chi connectivity index (χ0) is 15.9. The number of carbonyl (C=O) groups excluding carboxylic acids is 1. The van der Waals surface area contributed by atoms with Crippen molar-refractivity contribution in [1.29, 1.82) is 0 Å². The highest BCUT2D eigenvalue weighted by Gasteiger charge is 2.52. The van der Waals surface area contributed by atoms with Crippen molar-refractivity contribution in [2.24, 2.45) is 10.2 Å². The Morgan fingerprint density at radius 1 is 1.17 bits per heavy atom. The molecule has 0 bridgehead atoms. The molecule has 0 saturated heterocycles. The van der Waals surface area contributed by atoms with Crippen LogP contribution in [0, 0.1) is 0 Å². The number of carbonyl (C=O) groups is 1. The van der Waals surface area contributed by atoms with E-state index in [4.69, 9.17) is 4.74 Å². The van der Waals surface area contributed by atoms with Crippen LogP contribution in [0.3, 0.4) is 0 Å². The molecule has 2 aliphatic heterocycles. The number of azo groups is 1. The van der Waals surface area contributed by atoms with Crippen molar-refractivity contribution in [2.45, 2.75) is 16.4 Å². The van der Waals surface area contributed by atoms with Crippen molar-refractivity contribution in [1.82, 2.24) is 0 Å². The van der Waals surface area contributed by atoms with E-state index < -0.39 is 5.54 Å². The first-order chi connectivity index (χ1) is 11.2. The van der Waals surface area contributed by atoms with Gasteiger partial charge in [0.2, 0.25) is 0 Å². The molecule has 0 unspecified atom stereocenters. The first-order valence-corrected chi connectivity index (χ1v) is 8.52. The maximum Gasteiger partial charge on any atom is 0.194 e. The molecule has 2 aliphatic rings. The van der Waals surface area contributed by atoms with Crippen LogP contribution in [0.15, 0.2) is 63.7 Å². The van der Waals surface area contributed by atoms with Crippen LogP contribution in [-0.2, 0) is 0 Å². The van der Waals surface area contributed by atoms with E-state index >= 15 is 0 Å². The van der Waals surface area contributed by atoms with Gasteiger partial charge in [-0.05, 0) is 23.8 Å². The van der Waals surface area contributed by atoms with Crippen LogP contribution in [0.1, 0.15) is 21.8 Å². The largest absolute Gasteiger partial charge is 0.497 e. The molecule has 2 aromatic rings. The number of ether oxygens (including phenoxy) is 1. The quantitative estimate of drug-likeness (QED) is 0.840. The number of ketones is 1. The van der Waals surface area contributed by atoms with Gasteiger partial charge in [-0.25, -0.2) is 0 Å². The summed E-state index contributed by atoms with van der Waals surface area (Å²) in [6.45, 7) is 0.556. The lowest BCUT2D eigenvalue weighted by molar-refractivity contribution is 0.0888. The van der Waals surface area contributed by atoms with Gasteiger partial charge < -0.3 is 4.74 Å². The summed E-state index contributed by atoms with van der Waals surface area (Å²) in [6.07, 6.45) is 0. The predicted molar refractivity (Wildman–Crippen MR) is 89.7 cm³/mol. The third kappa shape index (κ3) is 2.18. The SMILES string of the molecule is COc1ccc([C@@H]2CN=N[C@]23CSc2ccccc2C3=O)cc1. The summed E-state index contributed by atoms with van der Waals surface area (Å²) in [5, 5.41) is 8.67. The van der Waals surface area contributed by atoms with E-state index in [1.807, 2.05) is 48.5 Å². The second-order valence-corrected chi connectivity index (χ2v) is 6.81. The predicted octanol–water partition coefficient (Wildman–Crippen LogP) is 3.97. The van der Waals surface area contributed by atoms with Crippen molar-refractivity contribution in [3.05, 3.63) is 59.7 Å². The van der Waals surface area contributed by atoms with Crippen LogP contribution >= 0.6 is 11.8 Å². The third-order valence-electron chi connectivity index (χ3n) is 4.58. The Hall–Kier alpha value is -2.14. The van der Waals surface area contributed by atoms with Gasteiger partial charge in [-0.3, -0.25) is 4.79 Å². The minimum atomic E-state index is -0.770. The Morgan fingerprint density at radius 2 is 1.96 bits per heavy atom. The summed E-state index contributed by atoms with van der Waals surface area (Å²) in [5.74, 6) is 1.53. The number of fused-ring (bicyclic) bond motifs is 1. The Labute approximate surface area is 139 Å². The van der Waals surface area contributed by atoms with Gasteiger partial charge in [0.25, 0.3) is 0 Å². The third-order valence-corrected chi connectivity index (χ3v) is 5.83. The number of benzene rings is 2. The molecular formula is C18H16N2O2S. The Morgan fingerprint density at radius 3 is 2.74 bits per heavy atom. The summed E-state index contributed by atoms with van der Waals surface area (Å²) < 4.78 is 5.22. The zero-order valence-electron chi connectivity index (χ0n) is 12.7. The second kappa shape index (κ2) is 5.49. The first-order valence-electron chi connectivity index (χ1n) is 7.54. The number of nitrogens with zero attached hydrogens (tertiary/aromatic N) is 2. The number of hydrogen-bond donors (Lipinski definition) is 0. The molecule has 0 fully saturated rings. The van der Waals surface area contributed by atoms with Crippen LogP contribution in [-0.4, -0.2) is 30.7 Å². The van der Waals surface area contributed by atoms with E-state index in [1.165, 1.54) is 0 Å². The minimum absolute atomic E-state index is 0.0123. The Kier molecular flexibility index (Phi) is 3.45. The number of rotatable bonds is 2. The average molecular weight is 324 g/mol. The van der Waals surface area contributed by atoms with Gasteiger partial charge in [0, 0.05) is 22.1 Å². The van der Waals surface area contributed by atoms with Gasteiger partial charge >= 0.3 is 0 Å². The average Bonchev–Trinajstić information content (AvgIpc) is 3.03. The molecule has 116 valence electrons. The summed E-state index contributed by atoms with van der Waals surface area (Å²) in [7, 11) is 1.65. The van der Waals surface area contributed by atoms with Crippen molar-refractivity contribution < 1.29 is 9.53 Å². The maximum atomic E-state index is 13.2. The molecule has 0 aromatic heterocycles. The smallest absolute Gasteiger partial charge is 0.194 e. The van der Waals surface area contributed by atoms with Crippen molar-refractivity contribution in [3.63, 3.8) is 0 Å². The summed E-state index contributed by atoms with van der Waals surface area (Å²) in [4.78, 5) is 14.2. The fraction of sp³-hybridized carbons (Fsp3) is 0.278. The lowest BCUT2D eigenvalue weighted by Gasteiger charge is -2.34. The van der Waals surface area contributed by atoms with Gasteiger partial charge in [-0.1, -0.05) is 30.3 Å². The van der Waals surface area contributed by atoms with E-state index in [9.17, 15) is 4.79 Å². The van der Waals surface area contributed by atoms with Gasteiger partial charge in [0.15, 0.2) is 11.3 Å². The zero-order valence-corrected chi connectivity index (χ0v) is 13.5. The Balaban J connectivity index is 1.74. The standard InChI is InChI=1S/C18H16N2O2S/c1-22-13-8-6-12(7-9-13)15-10-19-20-18(15)11-23-16-5-3-2-4-14(16)17(18)21/h2-9,15H,10-11H2,1H3/t15-,18+/m0/s1. The highest BCUT2D eigenvalue weighted by molar-refractivity contribution is 7.99. The van der Waals surface area contributed by atoms with Crippen molar-refractivity contribution in [2.75, 3.05) is 19.4 Å². The van der Waals surface area contributed by atoms with E-state index in [-0.39, 0.29) is 11.7 Å². The molecule has 0 aliphatic carbocycles. The van der Waals surface area contributed by atoms with Crippen LogP contribution in [0.5, 0.6) is 5.75 Å². The van der Waals surface area contributed by atoms with Crippen LogP contribution in [0.25, 0.3) is 0 Å². The number of thioether (sulfide) groups is 1. The topological polar surface area (TPSA) is 51.0 Å². The molecule has 4 nitrogen and oxygen atoms in total. The number of methoxy groups -OCH3 is 1. The van der Waals surface area contributed by atoms with Gasteiger partial charge in [-0.15, -0.1) is 11.8 Å². The molecule has 5 heteroatoms.